The second kappa shape index (κ2) is 6.24. The first-order valence-electron chi connectivity index (χ1n) is 6.26. The van der Waals surface area contributed by atoms with E-state index in [1.165, 1.54) is 6.07 Å². The first-order valence-corrected chi connectivity index (χ1v) is 7.81. The van der Waals surface area contributed by atoms with Gasteiger partial charge < -0.3 is 4.42 Å². The molecular weight excluding hydrogens is 389 g/mol. The summed E-state index contributed by atoms with van der Waals surface area (Å²) in [4.78, 5) is 16.2. The summed E-state index contributed by atoms with van der Waals surface area (Å²) in [5.41, 5.74) is 1.35. The summed E-state index contributed by atoms with van der Waals surface area (Å²) >= 11 is 15.4. The van der Waals surface area contributed by atoms with Crippen LogP contribution in [0.4, 0.5) is 0 Å². The highest BCUT2D eigenvalue weighted by Gasteiger charge is 2.12. The van der Waals surface area contributed by atoms with Gasteiger partial charge >= 0.3 is 5.63 Å². The van der Waals surface area contributed by atoms with Crippen molar-refractivity contribution in [3.05, 3.63) is 73.5 Å². The van der Waals surface area contributed by atoms with Gasteiger partial charge in [-0.15, -0.1) is 0 Å². The summed E-state index contributed by atoms with van der Waals surface area (Å²) in [5.74, 6) is 0.159. The molecule has 0 aliphatic heterocycles. The second-order valence-electron chi connectivity index (χ2n) is 4.50. The van der Waals surface area contributed by atoms with Crippen LogP contribution < -0.4 is 5.63 Å². The van der Waals surface area contributed by atoms with Crippen LogP contribution in [0.15, 0.2) is 62.2 Å². The Balaban J connectivity index is 2.14. The highest BCUT2D eigenvalue weighted by Crippen LogP contribution is 2.30. The average Bonchev–Trinajstić information content (AvgIpc) is 2.47. The summed E-state index contributed by atoms with van der Waals surface area (Å²) in [6.45, 7) is 0. The van der Waals surface area contributed by atoms with Crippen LogP contribution in [0.25, 0.3) is 22.7 Å². The van der Waals surface area contributed by atoms with E-state index in [0.29, 0.717) is 21.3 Å². The molecule has 0 atom stereocenters. The molecule has 2 aromatic carbocycles. The van der Waals surface area contributed by atoms with Crippen LogP contribution in [0.3, 0.4) is 0 Å². The van der Waals surface area contributed by atoms with Crippen molar-refractivity contribution >= 4 is 39.1 Å². The molecule has 0 aliphatic rings. The standard InChI is InChI=1S/C16H8BrCl2NO2/c17-10-3-1-9(2-4-10)14-8-15(21)22-16(20-14)12-6-5-11(18)7-13(12)19/h1-8H. The van der Waals surface area contributed by atoms with Crippen LogP contribution in [-0.4, -0.2) is 4.98 Å². The molecule has 0 spiro atoms. The smallest absolute Gasteiger partial charge is 0.339 e. The Morgan fingerprint density at radius 3 is 2.41 bits per heavy atom. The van der Waals surface area contributed by atoms with Gasteiger partial charge in [-0.05, 0) is 30.3 Å². The summed E-state index contributed by atoms with van der Waals surface area (Å²) in [6.07, 6.45) is 0. The quantitative estimate of drug-likeness (QED) is 0.579. The lowest BCUT2D eigenvalue weighted by Crippen LogP contribution is -2.02. The van der Waals surface area contributed by atoms with Crippen molar-refractivity contribution in [1.29, 1.82) is 0 Å². The molecule has 0 unspecified atom stereocenters. The lowest BCUT2D eigenvalue weighted by Gasteiger charge is -2.05. The molecule has 0 radical (unpaired) electrons. The Morgan fingerprint density at radius 1 is 1.00 bits per heavy atom. The normalized spacial score (nSPS) is 10.7. The number of halogens is 3. The van der Waals surface area contributed by atoms with Gasteiger partial charge in [-0.1, -0.05) is 51.3 Å². The van der Waals surface area contributed by atoms with E-state index in [2.05, 4.69) is 20.9 Å². The van der Waals surface area contributed by atoms with Crippen molar-refractivity contribution in [3.8, 4) is 22.7 Å². The Kier molecular flexibility index (Phi) is 4.34. The van der Waals surface area contributed by atoms with Crippen molar-refractivity contribution in [1.82, 2.24) is 4.98 Å². The Morgan fingerprint density at radius 2 is 1.73 bits per heavy atom. The third kappa shape index (κ3) is 3.24. The topological polar surface area (TPSA) is 43.1 Å². The van der Waals surface area contributed by atoms with Crippen LogP contribution in [0, 0.1) is 0 Å². The van der Waals surface area contributed by atoms with Gasteiger partial charge in [-0.25, -0.2) is 9.78 Å². The fraction of sp³-hybridized carbons (Fsp3) is 0. The number of hydrogen-bond donors (Lipinski definition) is 0. The van der Waals surface area contributed by atoms with Crippen molar-refractivity contribution < 1.29 is 4.42 Å². The third-order valence-electron chi connectivity index (χ3n) is 2.98. The van der Waals surface area contributed by atoms with Gasteiger partial charge in [0.25, 0.3) is 0 Å². The van der Waals surface area contributed by atoms with Crippen LogP contribution in [0.2, 0.25) is 10.0 Å². The molecule has 110 valence electrons. The van der Waals surface area contributed by atoms with E-state index < -0.39 is 5.63 Å². The Bertz CT molecular complexity index is 891. The van der Waals surface area contributed by atoms with Gasteiger partial charge in [0.2, 0.25) is 5.89 Å². The number of nitrogens with zero attached hydrogens (tertiary/aromatic N) is 1. The van der Waals surface area contributed by atoms with Gasteiger partial charge in [-0.3, -0.25) is 0 Å². The zero-order valence-electron chi connectivity index (χ0n) is 11.0. The van der Waals surface area contributed by atoms with Gasteiger partial charge in [-0.2, -0.15) is 0 Å². The van der Waals surface area contributed by atoms with Gasteiger partial charge in [0.05, 0.1) is 22.3 Å². The summed E-state index contributed by atoms with van der Waals surface area (Å²) in [5, 5.41) is 0.872. The van der Waals surface area contributed by atoms with Crippen LogP contribution in [0.5, 0.6) is 0 Å². The Labute approximate surface area is 144 Å². The third-order valence-corrected chi connectivity index (χ3v) is 4.05. The summed E-state index contributed by atoms with van der Waals surface area (Å²) in [7, 11) is 0. The first kappa shape index (κ1) is 15.3. The van der Waals surface area contributed by atoms with E-state index in [4.69, 9.17) is 27.6 Å². The molecule has 0 saturated heterocycles. The molecular formula is C16H8BrCl2NO2. The molecule has 3 aromatic rings. The molecule has 1 aromatic heterocycles. The molecule has 1 heterocycles. The average molecular weight is 397 g/mol. The maximum Gasteiger partial charge on any atom is 0.339 e. The largest absolute Gasteiger partial charge is 0.403 e. The van der Waals surface area contributed by atoms with Gasteiger partial charge in [0, 0.05) is 15.1 Å². The van der Waals surface area contributed by atoms with Crippen molar-refractivity contribution in [2.24, 2.45) is 0 Å². The van der Waals surface area contributed by atoms with E-state index in [0.717, 1.165) is 10.0 Å². The number of benzene rings is 2. The predicted octanol–water partition coefficient (Wildman–Crippen LogP) is 5.44. The second-order valence-corrected chi connectivity index (χ2v) is 6.26. The lowest BCUT2D eigenvalue weighted by atomic mass is 10.1. The zero-order valence-corrected chi connectivity index (χ0v) is 14.1. The maximum atomic E-state index is 11.8. The molecule has 0 bridgehead atoms. The van der Waals surface area contributed by atoms with E-state index in [-0.39, 0.29) is 5.89 Å². The minimum atomic E-state index is -0.492. The highest BCUT2D eigenvalue weighted by molar-refractivity contribution is 9.10. The highest BCUT2D eigenvalue weighted by atomic mass is 79.9. The first-order chi connectivity index (χ1) is 10.5. The summed E-state index contributed by atoms with van der Waals surface area (Å²) < 4.78 is 6.11. The van der Waals surface area contributed by atoms with Crippen LogP contribution in [0.1, 0.15) is 0 Å². The van der Waals surface area contributed by atoms with Crippen molar-refractivity contribution in [2.75, 3.05) is 0 Å². The number of rotatable bonds is 2. The Hall–Kier alpha value is -1.62. The molecule has 0 fully saturated rings. The minimum Gasteiger partial charge on any atom is -0.403 e. The van der Waals surface area contributed by atoms with Crippen LogP contribution >= 0.6 is 39.1 Å². The predicted molar refractivity (Wildman–Crippen MR) is 91.4 cm³/mol. The fourth-order valence-electron chi connectivity index (χ4n) is 1.95. The van der Waals surface area contributed by atoms with Crippen molar-refractivity contribution in [2.45, 2.75) is 0 Å². The number of hydrogen-bond acceptors (Lipinski definition) is 3. The molecule has 22 heavy (non-hydrogen) atoms. The lowest BCUT2D eigenvalue weighted by molar-refractivity contribution is 0.509. The SMILES string of the molecule is O=c1cc(-c2ccc(Br)cc2)nc(-c2ccc(Cl)cc2Cl)o1. The van der Waals surface area contributed by atoms with E-state index in [1.54, 1.807) is 18.2 Å². The molecule has 3 nitrogen and oxygen atoms in total. The molecule has 0 saturated carbocycles. The number of aromatic nitrogens is 1. The van der Waals surface area contributed by atoms with Gasteiger partial charge in [0.1, 0.15) is 0 Å². The minimum absolute atomic E-state index is 0.159. The zero-order chi connectivity index (χ0) is 15.7. The van der Waals surface area contributed by atoms with Gasteiger partial charge in [0.15, 0.2) is 0 Å². The molecule has 0 N–H and O–H groups in total. The van der Waals surface area contributed by atoms with Crippen molar-refractivity contribution in [3.63, 3.8) is 0 Å². The van der Waals surface area contributed by atoms with E-state index in [1.807, 2.05) is 24.3 Å². The van der Waals surface area contributed by atoms with Crippen LogP contribution in [-0.2, 0) is 0 Å². The van der Waals surface area contributed by atoms with E-state index in [9.17, 15) is 4.79 Å². The molecule has 3 rings (SSSR count). The summed E-state index contributed by atoms with van der Waals surface area (Å²) in [6, 6.07) is 13.7. The molecule has 0 amide bonds. The maximum absolute atomic E-state index is 11.8. The molecule has 6 heteroatoms. The van der Waals surface area contributed by atoms with E-state index >= 15 is 0 Å². The monoisotopic (exact) mass is 395 g/mol. The fourth-order valence-corrected chi connectivity index (χ4v) is 2.70. The molecule has 0 aliphatic carbocycles.